The van der Waals surface area contributed by atoms with Gasteiger partial charge in [-0.2, -0.15) is 0 Å². The summed E-state index contributed by atoms with van der Waals surface area (Å²) in [7, 11) is 5.65. The van der Waals surface area contributed by atoms with Crippen molar-refractivity contribution in [3.05, 3.63) is 0 Å². The second-order valence-corrected chi connectivity index (χ2v) is 7.29. The SMILES string of the molecule is CC(CC(=O)N(C)C)NCC1(CO)COCC2(CCC2)N1C. The van der Waals surface area contributed by atoms with Gasteiger partial charge >= 0.3 is 0 Å². The molecule has 1 heterocycles. The molecule has 128 valence electrons. The fourth-order valence-corrected chi connectivity index (χ4v) is 3.45. The number of aliphatic hydroxyl groups is 1. The molecule has 2 aliphatic rings. The summed E-state index contributed by atoms with van der Waals surface area (Å²) in [6.45, 7) is 3.99. The van der Waals surface area contributed by atoms with Crippen molar-refractivity contribution in [3.8, 4) is 0 Å². The molecule has 0 aromatic heterocycles. The van der Waals surface area contributed by atoms with E-state index in [9.17, 15) is 9.90 Å². The van der Waals surface area contributed by atoms with E-state index in [2.05, 4.69) is 17.3 Å². The lowest BCUT2D eigenvalue weighted by atomic mass is 9.72. The van der Waals surface area contributed by atoms with Gasteiger partial charge in [-0.1, -0.05) is 0 Å². The van der Waals surface area contributed by atoms with Crippen LogP contribution in [-0.2, 0) is 9.53 Å². The zero-order valence-corrected chi connectivity index (χ0v) is 14.4. The first-order valence-electron chi connectivity index (χ1n) is 8.21. The van der Waals surface area contributed by atoms with Gasteiger partial charge in [-0.25, -0.2) is 0 Å². The molecule has 2 rings (SSSR count). The number of hydrogen-bond acceptors (Lipinski definition) is 5. The molecule has 6 heteroatoms. The van der Waals surface area contributed by atoms with Crippen LogP contribution in [0.1, 0.15) is 32.6 Å². The van der Waals surface area contributed by atoms with Crippen LogP contribution in [0.3, 0.4) is 0 Å². The molecular weight excluding hydrogens is 282 g/mol. The first-order chi connectivity index (χ1) is 10.4. The standard InChI is InChI=1S/C16H31N3O3/c1-13(8-14(21)18(2)3)17-9-16(10-20)12-22-11-15(19(16)4)6-5-7-15/h13,17,20H,5-12H2,1-4H3. The van der Waals surface area contributed by atoms with Crippen molar-refractivity contribution >= 4 is 5.91 Å². The molecule has 0 radical (unpaired) electrons. The Morgan fingerprint density at radius 2 is 2.09 bits per heavy atom. The van der Waals surface area contributed by atoms with Crippen molar-refractivity contribution in [1.82, 2.24) is 15.1 Å². The van der Waals surface area contributed by atoms with Crippen LogP contribution < -0.4 is 5.32 Å². The van der Waals surface area contributed by atoms with Gasteiger partial charge in [0.15, 0.2) is 0 Å². The number of ether oxygens (including phenoxy) is 1. The van der Waals surface area contributed by atoms with Crippen molar-refractivity contribution in [1.29, 1.82) is 0 Å². The maximum atomic E-state index is 11.8. The smallest absolute Gasteiger partial charge is 0.223 e. The molecule has 2 N–H and O–H groups in total. The van der Waals surface area contributed by atoms with Crippen LogP contribution in [-0.4, -0.2) is 85.4 Å². The van der Waals surface area contributed by atoms with Crippen molar-refractivity contribution in [2.45, 2.75) is 49.7 Å². The minimum Gasteiger partial charge on any atom is -0.394 e. The van der Waals surface area contributed by atoms with Gasteiger partial charge < -0.3 is 20.1 Å². The molecule has 1 aliphatic heterocycles. The summed E-state index contributed by atoms with van der Waals surface area (Å²) in [5.74, 6) is 0.113. The molecule has 22 heavy (non-hydrogen) atoms. The van der Waals surface area contributed by atoms with Crippen LogP contribution >= 0.6 is 0 Å². The average molecular weight is 313 g/mol. The molecule has 1 saturated heterocycles. The van der Waals surface area contributed by atoms with E-state index >= 15 is 0 Å². The Bertz CT molecular complexity index is 398. The Morgan fingerprint density at radius 1 is 1.41 bits per heavy atom. The summed E-state index contributed by atoms with van der Waals surface area (Å²) in [5.41, 5.74) is -0.292. The lowest BCUT2D eigenvalue weighted by molar-refractivity contribution is -0.180. The molecule has 6 nitrogen and oxygen atoms in total. The van der Waals surface area contributed by atoms with Gasteiger partial charge in [-0.3, -0.25) is 9.69 Å². The van der Waals surface area contributed by atoms with Gasteiger partial charge in [0.2, 0.25) is 5.91 Å². The van der Waals surface area contributed by atoms with E-state index in [1.54, 1.807) is 19.0 Å². The van der Waals surface area contributed by atoms with E-state index in [0.29, 0.717) is 19.6 Å². The van der Waals surface area contributed by atoms with Gasteiger partial charge in [-0.05, 0) is 33.2 Å². The molecule has 1 spiro atoms. The van der Waals surface area contributed by atoms with Crippen LogP contribution in [0.15, 0.2) is 0 Å². The molecule has 2 atom stereocenters. The summed E-state index contributed by atoms with van der Waals surface area (Å²) in [5, 5.41) is 13.4. The van der Waals surface area contributed by atoms with E-state index in [4.69, 9.17) is 4.74 Å². The highest BCUT2D eigenvalue weighted by molar-refractivity contribution is 5.76. The maximum Gasteiger partial charge on any atom is 0.223 e. The number of carbonyl (C=O) groups is 1. The summed E-state index contributed by atoms with van der Waals surface area (Å²) < 4.78 is 5.84. The van der Waals surface area contributed by atoms with Gasteiger partial charge in [0.1, 0.15) is 0 Å². The first kappa shape index (κ1) is 17.7. The molecule has 0 aromatic rings. The maximum absolute atomic E-state index is 11.8. The lowest BCUT2D eigenvalue weighted by Gasteiger charge is -2.59. The highest BCUT2D eigenvalue weighted by atomic mass is 16.5. The minimum atomic E-state index is -0.395. The number of hydrogen-bond donors (Lipinski definition) is 2. The molecule has 0 bridgehead atoms. The largest absolute Gasteiger partial charge is 0.394 e. The monoisotopic (exact) mass is 313 g/mol. The number of aliphatic hydroxyl groups excluding tert-OH is 1. The molecule has 2 unspecified atom stereocenters. The molecule has 1 aliphatic carbocycles. The first-order valence-corrected chi connectivity index (χ1v) is 8.21. The van der Waals surface area contributed by atoms with Crippen LogP contribution in [0.2, 0.25) is 0 Å². The second-order valence-electron chi connectivity index (χ2n) is 7.29. The van der Waals surface area contributed by atoms with Crippen LogP contribution in [0.25, 0.3) is 0 Å². The average Bonchev–Trinajstić information content (AvgIpc) is 2.44. The van der Waals surface area contributed by atoms with E-state index in [1.165, 1.54) is 6.42 Å². The predicted octanol–water partition coefficient (Wildman–Crippen LogP) is 0.0586. The van der Waals surface area contributed by atoms with Crippen molar-refractivity contribution in [2.75, 3.05) is 47.5 Å². The van der Waals surface area contributed by atoms with Crippen molar-refractivity contribution in [3.63, 3.8) is 0 Å². The summed E-state index contributed by atoms with van der Waals surface area (Å²) in [4.78, 5) is 15.7. The van der Waals surface area contributed by atoms with E-state index < -0.39 is 5.54 Å². The predicted molar refractivity (Wildman–Crippen MR) is 85.8 cm³/mol. The van der Waals surface area contributed by atoms with E-state index in [0.717, 1.165) is 19.4 Å². The van der Waals surface area contributed by atoms with Crippen LogP contribution in [0.4, 0.5) is 0 Å². The number of nitrogens with zero attached hydrogens (tertiary/aromatic N) is 2. The van der Waals surface area contributed by atoms with Crippen molar-refractivity contribution < 1.29 is 14.6 Å². The molecule has 1 saturated carbocycles. The van der Waals surface area contributed by atoms with E-state index in [1.807, 2.05) is 6.92 Å². The summed E-state index contributed by atoms with van der Waals surface area (Å²) in [6, 6.07) is 0.0750. The van der Waals surface area contributed by atoms with Gasteiger partial charge in [0, 0.05) is 38.6 Å². The Labute approximate surface area is 133 Å². The normalized spacial score (nSPS) is 29.1. The molecule has 0 aromatic carbocycles. The molecule has 1 amide bonds. The number of nitrogens with one attached hydrogen (secondary N) is 1. The van der Waals surface area contributed by atoms with E-state index in [-0.39, 0.29) is 24.1 Å². The van der Waals surface area contributed by atoms with Crippen molar-refractivity contribution in [2.24, 2.45) is 0 Å². The second kappa shape index (κ2) is 6.83. The Hall–Kier alpha value is -0.690. The highest BCUT2D eigenvalue weighted by Gasteiger charge is 2.52. The fraction of sp³-hybridized carbons (Fsp3) is 0.938. The summed E-state index contributed by atoms with van der Waals surface area (Å²) in [6.07, 6.45) is 3.97. The van der Waals surface area contributed by atoms with Gasteiger partial charge in [0.05, 0.1) is 25.4 Å². The zero-order chi connectivity index (χ0) is 16.4. The third kappa shape index (κ3) is 3.30. The molecule has 2 fully saturated rings. The van der Waals surface area contributed by atoms with Crippen LogP contribution in [0.5, 0.6) is 0 Å². The lowest BCUT2D eigenvalue weighted by Crippen LogP contribution is -2.73. The minimum absolute atomic E-state index is 0.0621. The fourth-order valence-electron chi connectivity index (χ4n) is 3.45. The Kier molecular flexibility index (Phi) is 5.48. The van der Waals surface area contributed by atoms with Gasteiger partial charge in [-0.15, -0.1) is 0 Å². The Morgan fingerprint density at radius 3 is 2.59 bits per heavy atom. The van der Waals surface area contributed by atoms with Crippen LogP contribution in [0, 0.1) is 0 Å². The Balaban J connectivity index is 1.94. The number of likely N-dealkylation sites (N-methyl/N-ethyl adjacent to an activating group) is 1. The third-order valence-electron chi connectivity index (χ3n) is 5.50. The summed E-state index contributed by atoms with van der Waals surface area (Å²) >= 11 is 0. The topological polar surface area (TPSA) is 65.0 Å². The molecular formula is C16H31N3O3. The van der Waals surface area contributed by atoms with Gasteiger partial charge in [0.25, 0.3) is 0 Å². The number of carbonyl (C=O) groups excluding carboxylic acids is 1. The number of morpholine rings is 1. The number of rotatable bonds is 6. The zero-order valence-electron chi connectivity index (χ0n) is 14.4. The third-order valence-corrected chi connectivity index (χ3v) is 5.50. The highest BCUT2D eigenvalue weighted by Crippen LogP contribution is 2.43. The number of amides is 1. The quantitative estimate of drug-likeness (QED) is 0.726.